The number of rotatable bonds is 5. The molecule has 1 saturated carbocycles. The van der Waals surface area contributed by atoms with Gasteiger partial charge < -0.3 is 5.11 Å². The molecule has 0 amide bonds. The van der Waals surface area contributed by atoms with Gasteiger partial charge in [-0.25, -0.2) is 28.7 Å². The lowest BCUT2D eigenvalue weighted by atomic mass is 9.95. The molecule has 1 N–H and O–H groups in total. The zero-order valence-electron chi connectivity index (χ0n) is 16.2. The largest absolute Gasteiger partial charge is 0.383 e. The maximum absolute atomic E-state index is 14.5. The van der Waals surface area contributed by atoms with E-state index >= 15 is 0 Å². The van der Waals surface area contributed by atoms with E-state index in [4.69, 9.17) is 0 Å². The molecule has 0 aromatic carbocycles. The topological polar surface area (TPSA) is 85.8 Å². The van der Waals surface area contributed by atoms with E-state index in [1.807, 2.05) is 20.1 Å². The highest BCUT2D eigenvalue weighted by Gasteiger charge is 2.44. The molecule has 28 heavy (non-hydrogen) atoms. The van der Waals surface area contributed by atoms with Gasteiger partial charge >= 0.3 is 0 Å². The van der Waals surface area contributed by atoms with Crippen LogP contribution in [0.2, 0.25) is 0 Å². The molecule has 1 aliphatic rings. The molecule has 9 heteroatoms. The standard InChI is InChI=1S/C19H22FN5O2S/c1-10(2)24-17(26)12-9-21-18(28-4)23-16(12)25(24)14-8-7-13(20)15(22-14)19(3,27)11-5-6-11/h7-11,27H,5-6H2,1-4H3. The second-order valence-corrected chi connectivity index (χ2v) is 8.34. The molecule has 3 heterocycles. The van der Waals surface area contributed by atoms with Crippen molar-refractivity contribution in [1.29, 1.82) is 0 Å². The molecule has 4 rings (SSSR count). The number of pyridine rings is 1. The van der Waals surface area contributed by atoms with Crippen LogP contribution in [0.4, 0.5) is 4.39 Å². The molecule has 0 bridgehead atoms. The maximum Gasteiger partial charge on any atom is 0.278 e. The third-order valence-electron chi connectivity index (χ3n) is 5.17. The van der Waals surface area contributed by atoms with Gasteiger partial charge in [0.25, 0.3) is 5.56 Å². The smallest absolute Gasteiger partial charge is 0.278 e. The number of aromatic nitrogens is 5. The summed E-state index contributed by atoms with van der Waals surface area (Å²) in [4.78, 5) is 26.1. The average Bonchev–Trinajstić information content (AvgIpc) is 3.47. The van der Waals surface area contributed by atoms with E-state index in [0.717, 1.165) is 12.8 Å². The van der Waals surface area contributed by atoms with Crippen molar-refractivity contribution in [2.75, 3.05) is 6.26 Å². The van der Waals surface area contributed by atoms with Gasteiger partial charge in [-0.1, -0.05) is 11.8 Å². The zero-order chi connectivity index (χ0) is 20.2. The molecule has 1 unspecified atom stereocenters. The molecule has 1 aliphatic carbocycles. The summed E-state index contributed by atoms with van der Waals surface area (Å²) in [6, 6.07) is 2.60. The molecule has 148 valence electrons. The first-order valence-corrected chi connectivity index (χ1v) is 10.4. The summed E-state index contributed by atoms with van der Waals surface area (Å²) < 4.78 is 17.7. The minimum atomic E-state index is -1.36. The number of hydrogen-bond acceptors (Lipinski definition) is 6. The van der Waals surface area contributed by atoms with E-state index < -0.39 is 11.4 Å². The summed E-state index contributed by atoms with van der Waals surface area (Å²) in [7, 11) is 0. The lowest BCUT2D eigenvalue weighted by Gasteiger charge is -2.24. The lowest BCUT2D eigenvalue weighted by Crippen LogP contribution is -2.29. The molecule has 3 aromatic rings. The van der Waals surface area contributed by atoms with Crippen molar-refractivity contribution in [3.8, 4) is 5.82 Å². The van der Waals surface area contributed by atoms with E-state index in [9.17, 15) is 14.3 Å². The van der Waals surface area contributed by atoms with Gasteiger partial charge in [0.1, 0.15) is 22.5 Å². The molecule has 0 aliphatic heterocycles. The second-order valence-electron chi connectivity index (χ2n) is 7.57. The third-order valence-corrected chi connectivity index (χ3v) is 5.73. The highest BCUT2D eigenvalue weighted by molar-refractivity contribution is 7.98. The van der Waals surface area contributed by atoms with Crippen LogP contribution in [-0.2, 0) is 5.60 Å². The van der Waals surface area contributed by atoms with Gasteiger partial charge in [-0.15, -0.1) is 0 Å². The van der Waals surface area contributed by atoms with Crippen molar-refractivity contribution in [2.45, 2.75) is 50.4 Å². The number of fused-ring (bicyclic) bond motifs is 1. The summed E-state index contributed by atoms with van der Waals surface area (Å²) in [5.41, 5.74) is -1.18. The predicted molar refractivity (Wildman–Crippen MR) is 105 cm³/mol. The average molecular weight is 403 g/mol. The Morgan fingerprint density at radius 2 is 2.04 bits per heavy atom. The normalized spacial score (nSPS) is 16.7. The zero-order valence-corrected chi connectivity index (χ0v) is 17.0. The summed E-state index contributed by atoms with van der Waals surface area (Å²) in [5, 5.41) is 11.7. The van der Waals surface area contributed by atoms with Crippen LogP contribution in [0.3, 0.4) is 0 Å². The van der Waals surface area contributed by atoms with Gasteiger partial charge in [0.15, 0.2) is 16.6 Å². The molecule has 1 fully saturated rings. The van der Waals surface area contributed by atoms with E-state index in [-0.39, 0.29) is 23.2 Å². The van der Waals surface area contributed by atoms with Crippen LogP contribution in [0.5, 0.6) is 0 Å². The fourth-order valence-electron chi connectivity index (χ4n) is 3.51. The number of aliphatic hydroxyl groups is 1. The van der Waals surface area contributed by atoms with Crippen molar-refractivity contribution < 1.29 is 9.50 Å². The molecule has 0 radical (unpaired) electrons. The lowest BCUT2D eigenvalue weighted by molar-refractivity contribution is 0.0247. The van der Waals surface area contributed by atoms with Gasteiger partial charge in [-0.2, -0.15) is 0 Å². The first-order valence-electron chi connectivity index (χ1n) is 9.19. The number of halogens is 1. The van der Waals surface area contributed by atoms with E-state index in [1.54, 1.807) is 11.6 Å². The highest BCUT2D eigenvalue weighted by atomic mass is 32.2. The molecule has 3 aromatic heterocycles. The van der Waals surface area contributed by atoms with Gasteiger partial charge in [-0.05, 0) is 57.9 Å². The number of nitrogens with zero attached hydrogens (tertiary/aromatic N) is 5. The van der Waals surface area contributed by atoms with Crippen molar-refractivity contribution in [3.63, 3.8) is 0 Å². The van der Waals surface area contributed by atoms with Gasteiger partial charge in [-0.3, -0.25) is 4.79 Å². The summed E-state index contributed by atoms with van der Waals surface area (Å²) in [5.74, 6) is -0.234. The maximum atomic E-state index is 14.5. The quantitative estimate of drug-likeness (QED) is 0.521. The Labute approximate surface area is 165 Å². The van der Waals surface area contributed by atoms with Crippen molar-refractivity contribution >= 4 is 22.8 Å². The van der Waals surface area contributed by atoms with Crippen LogP contribution in [0.1, 0.15) is 45.3 Å². The Morgan fingerprint density at radius 1 is 1.32 bits per heavy atom. The van der Waals surface area contributed by atoms with Crippen LogP contribution in [-0.4, -0.2) is 35.7 Å². The van der Waals surface area contributed by atoms with Gasteiger partial charge in [0, 0.05) is 12.2 Å². The fraction of sp³-hybridized carbons (Fsp3) is 0.474. The van der Waals surface area contributed by atoms with E-state index in [0.29, 0.717) is 22.0 Å². The molecule has 0 saturated heterocycles. The van der Waals surface area contributed by atoms with Crippen LogP contribution in [0.15, 0.2) is 28.3 Å². The van der Waals surface area contributed by atoms with Crippen LogP contribution in [0, 0.1) is 11.7 Å². The molecule has 7 nitrogen and oxygen atoms in total. The van der Waals surface area contributed by atoms with Crippen LogP contribution in [0.25, 0.3) is 16.9 Å². The Morgan fingerprint density at radius 3 is 2.64 bits per heavy atom. The van der Waals surface area contributed by atoms with Gasteiger partial charge in [0.05, 0.1) is 0 Å². The summed E-state index contributed by atoms with van der Waals surface area (Å²) >= 11 is 1.37. The van der Waals surface area contributed by atoms with E-state index in [1.165, 1.54) is 34.8 Å². The van der Waals surface area contributed by atoms with Crippen molar-refractivity contribution in [3.05, 3.63) is 40.2 Å². The first-order chi connectivity index (χ1) is 13.3. The Balaban J connectivity index is 2.01. The second kappa shape index (κ2) is 6.66. The number of thioether (sulfide) groups is 1. The first kappa shape index (κ1) is 19.1. The Bertz CT molecular complexity index is 1120. The van der Waals surface area contributed by atoms with E-state index in [2.05, 4.69) is 15.0 Å². The van der Waals surface area contributed by atoms with Crippen molar-refractivity contribution in [1.82, 2.24) is 24.3 Å². The predicted octanol–water partition coefficient (Wildman–Crippen LogP) is 3.04. The van der Waals surface area contributed by atoms with Crippen molar-refractivity contribution in [2.24, 2.45) is 5.92 Å². The molecular formula is C19H22FN5O2S. The van der Waals surface area contributed by atoms with Crippen LogP contribution < -0.4 is 5.56 Å². The highest BCUT2D eigenvalue weighted by Crippen LogP contribution is 2.45. The Hall–Kier alpha value is -2.26. The third kappa shape index (κ3) is 2.93. The molecular weight excluding hydrogens is 381 g/mol. The summed E-state index contributed by atoms with van der Waals surface area (Å²) in [6.07, 6.45) is 5.04. The van der Waals surface area contributed by atoms with Crippen LogP contribution >= 0.6 is 11.8 Å². The molecule has 0 spiro atoms. The number of hydrogen-bond donors (Lipinski definition) is 1. The minimum Gasteiger partial charge on any atom is -0.383 e. The fourth-order valence-corrected chi connectivity index (χ4v) is 3.85. The SMILES string of the molecule is CSc1ncc2c(=O)n(C(C)C)n(-c3ccc(F)c(C(C)(O)C4CC4)n3)c2n1. The monoisotopic (exact) mass is 403 g/mol. The summed E-state index contributed by atoms with van der Waals surface area (Å²) in [6.45, 7) is 5.35. The van der Waals surface area contributed by atoms with Gasteiger partial charge in [0.2, 0.25) is 0 Å². The minimum absolute atomic E-state index is 0.00347. The molecule has 1 atom stereocenters. The Kier molecular flexibility index (Phi) is 4.54.